The Kier molecular flexibility index (Phi) is 3.44. The van der Waals surface area contributed by atoms with Gasteiger partial charge in [-0.15, -0.1) is 0 Å². The van der Waals surface area contributed by atoms with Crippen LogP contribution in [0.5, 0.6) is 0 Å². The third-order valence-electron chi connectivity index (χ3n) is 3.14. The van der Waals surface area contributed by atoms with Crippen molar-refractivity contribution in [2.75, 3.05) is 0 Å². The molecular weight excluding hydrogens is 200 g/mol. The number of allylic oxidation sites excluding steroid dienone is 1. The summed E-state index contributed by atoms with van der Waals surface area (Å²) in [5, 5.41) is 10.4. The zero-order valence-electron chi connectivity index (χ0n) is 9.89. The van der Waals surface area contributed by atoms with Crippen LogP contribution in [0.25, 0.3) is 0 Å². The predicted molar refractivity (Wildman–Crippen MR) is 64.2 cm³/mol. The minimum atomic E-state index is -0.672. The van der Waals surface area contributed by atoms with E-state index in [2.05, 4.69) is 22.6 Å². The Bertz CT molecular complexity index is 370. The minimum absolute atomic E-state index is 0.635. The highest BCUT2D eigenvalue weighted by Crippen LogP contribution is 2.25. The number of hydrogen-bond donors (Lipinski definition) is 1. The second-order valence-electron chi connectivity index (χ2n) is 4.61. The molecular formula is C13H20N2O. The van der Waals surface area contributed by atoms with Crippen LogP contribution in [0.2, 0.25) is 0 Å². The molecule has 0 aliphatic heterocycles. The van der Waals surface area contributed by atoms with Gasteiger partial charge in [-0.05, 0) is 25.7 Å². The summed E-state index contributed by atoms with van der Waals surface area (Å²) in [5.41, 5.74) is -0.672. The van der Waals surface area contributed by atoms with Gasteiger partial charge < -0.3 is 9.67 Å². The Balaban J connectivity index is 2.10. The van der Waals surface area contributed by atoms with Crippen molar-refractivity contribution in [2.45, 2.75) is 51.2 Å². The number of imidazole rings is 1. The number of aryl methyl sites for hydroxylation is 1. The van der Waals surface area contributed by atoms with Gasteiger partial charge in [-0.2, -0.15) is 0 Å². The van der Waals surface area contributed by atoms with Gasteiger partial charge in [-0.3, -0.25) is 0 Å². The van der Waals surface area contributed by atoms with Gasteiger partial charge in [0, 0.05) is 25.4 Å². The van der Waals surface area contributed by atoms with Gasteiger partial charge in [0.05, 0.1) is 5.60 Å². The van der Waals surface area contributed by atoms with Crippen molar-refractivity contribution in [1.82, 2.24) is 9.55 Å². The molecule has 1 unspecified atom stereocenters. The third kappa shape index (κ3) is 2.53. The molecule has 16 heavy (non-hydrogen) atoms. The van der Waals surface area contributed by atoms with Crippen LogP contribution in [0.15, 0.2) is 24.5 Å². The number of nitrogens with zero attached hydrogens (tertiary/aromatic N) is 2. The SMILES string of the molecule is CCCn1ccnc1CC1(O)C=CCCC1. The summed E-state index contributed by atoms with van der Waals surface area (Å²) in [5.74, 6) is 0.996. The monoisotopic (exact) mass is 220 g/mol. The topological polar surface area (TPSA) is 38.0 Å². The lowest BCUT2D eigenvalue weighted by molar-refractivity contribution is 0.0721. The summed E-state index contributed by atoms with van der Waals surface area (Å²) in [6, 6.07) is 0. The highest BCUT2D eigenvalue weighted by atomic mass is 16.3. The Morgan fingerprint density at radius 3 is 3.12 bits per heavy atom. The first kappa shape index (κ1) is 11.4. The molecule has 1 aromatic rings. The number of aliphatic hydroxyl groups is 1. The summed E-state index contributed by atoms with van der Waals surface area (Å²) in [6.07, 6.45) is 12.6. The molecule has 0 radical (unpaired) electrons. The molecule has 1 heterocycles. The van der Waals surface area contributed by atoms with Crippen LogP contribution >= 0.6 is 0 Å². The molecule has 0 aromatic carbocycles. The van der Waals surface area contributed by atoms with E-state index in [1.165, 1.54) is 0 Å². The van der Waals surface area contributed by atoms with Gasteiger partial charge >= 0.3 is 0 Å². The standard InChI is InChI=1S/C13H20N2O/c1-2-9-15-10-8-14-12(15)11-13(16)6-4-3-5-7-13/h4,6,8,10,16H,2-3,5,7,9,11H2,1H3. The first-order valence-corrected chi connectivity index (χ1v) is 6.13. The number of aromatic nitrogens is 2. The van der Waals surface area contributed by atoms with Crippen molar-refractivity contribution in [3.63, 3.8) is 0 Å². The quantitative estimate of drug-likeness (QED) is 0.791. The van der Waals surface area contributed by atoms with E-state index < -0.39 is 5.60 Å². The number of hydrogen-bond acceptors (Lipinski definition) is 2. The van der Waals surface area contributed by atoms with E-state index in [1.54, 1.807) is 0 Å². The maximum absolute atomic E-state index is 10.4. The molecule has 2 rings (SSSR count). The highest BCUT2D eigenvalue weighted by molar-refractivity contribution is 5.10. The first-order valence-electron chi connectivity index (χ1n) is 6.13. The van der Waals surface area contributed by atoms with E-state index >= 15 is 0 Å². The minimum Gasteiger partial charge on any atom is -0.385 e. The smallest absolute Gasteiger partial charge is 0.111 e. The third-order valence-corrected chi connectivity index (χ3v) is 3.14. The molecule has 1 aliphatic carbocycles. The summed E-state index contributed by atoms with van der Waals surface area (Å²) in [6.45, 7) is 3.13. The van der Waals surface area contributed by atoms with Crippen molar-refractivity contribution in [3.05, 3.63) is 30.4 Å². The molecule has 1 aliphatic rings. The molecule has 1 N–H and O–H groups in total. The fourth-order valence-corrected chi connectivity index (χ4v) is 2.28. The lowest BCUT2D eigenvalue weighted by atomic mass is 9.88. The van der Waals surface area contributed by atoms with Crippen LogP contribution in [0, 0.1) is 0 Å². The Hall–Kier alpha value is -1.09. The van der Waals surface area contributed by atoms with E-state index in [4.69, 9.17) is 0 Å². The Morgan fingerprint density at radius 2 is 2.44 bits per heavy atom. The van der Waals surface area contributed by atoms with Crippen LogP contribution in [-0.2, 0) is 13.0 Å². The average Bonchev–Trinajstić information content (AvgIpc) is 2.67. The molecule has 3 nitrogen and oxygen atoms in total. The molecule has 3 heteroatoms. The summed E-state index contributed by atoms with van der Waals surface area (Å²) < 4.78 is 2.14. The molecule has 88 valence electrons. The maximum Gasteiger partial charge on any atom is 0.111 e. The van der Waals surface area contributed by atoms with Gasteiger partial charge in [-0.1, -0.05) is 19.1 Å². The zero-order valence-corrected chi connectivity index (χ0v) is 9.89. The van der Waals surface area contributed by atoms with Crippen molar-refractivity contribution < 1.29 is 5.11 Å². The average molecular weight is 220 g/mol. The van der Waals surface area contributed by atoms with Gasteiger partial charge in [-0.25, -0.2) is 4.98 Å². The summed E-state index contributed by atoms with van der Waals surface area (Å²) in [4.78, 5) is 4.34. The summed E-state index contributed by atoms with van der Waals surface area (Å²) in [7, 11) is 0. The number of rotatable bonds is 4. The molecule has 1 aromatic heterocycles. The van der Waals surface area contributed by atoms with E-state index in [1.807, 2.05) is 18.5 Å². The largest absolute Gasteiger partial charge is 0.385 e. The highest BCUT2D eigenvalue weighted by Gasteiger charge is 2.27. The fraction of sp³-hybridized carbons (Fsp3) is 0.615. The van der Waals surface area contributed by atoms with E-state index in [0.29, 0.717) is 6.42 Å². The fourth-order valence-electron chi connectivity index (χ4n) is 2.28. The van der Waals surface area contributed by atoms with E-state index in [-0.39, 0.29) is 0 Å². The van der Waals surface area contributed by atoms with Crippen molar-refractivity contribution in [2.24, 2.45) is 0 Å². The predicted octanol–water partition coefficient (Wildman–Crippen LogP) is 2.31. The van der Waals surface area contributed by atoms with Crippen LogP contribution in [0.3, 0.4) is 0 Å². The van der Waals surface area contributed by atoms with Crippen molar-refractivity contribution in [1.29, 1.82) is 0 Å². The Morgan fingerprint density at radius 1 is 1.56 bits per heavy atom. The van der Waals surface area contributed by atoms with Crippen LogP contribution < -0.4 is 0 Å². The van der Waals surface area contributed by atoms with Gasteiger partial charge in [0.25, 0.3) is 0 Å². The Labute approximate surface area is 96.8 Å². The molecule has 1 atom stereocenters. The second kappa shape index (κ2) is 4.83. The lowest BCUT2D eigenvalue weighted by Crippen LogP contribution is -2.31. The van der Waals surface area contributed by atoms with E-state index in [9.17, 15) is 5.11 Å². The molecule has 0 spiro atoms. The zero-order chi connectivity index (χ0) is 11.4. The normalized spacial score (nSPS) is 24.9. The van der Waals surface area contributed by atoms with Crippen LogP contribution in [0.1, 0.15) is 38.4 Å². The second-order valence-corrected chi connectivity index (χ2v) is 4.61. The van der Waals surface area contributed by atoms with E-state index in [0.717, 1.165) is 38.1 Å². The molecule has 0 saturated heterocycles. The van der Waals surface area contributed by atoms with Crippen LogP contribution in [0.4, 0.5) is 0 Å². The summed E-state index contributed by atoms with van der Waals surface area (Å²) >= 11 is 0. The molecule has 0 fully saturated rings. The van der Waals surface area contributed by atoms with Gasteiger partial charge in [0.1, 0.15) is 5.82 Å². The molecule has 0 saturated carbocycles. The van der Waals surface area contributed by atoms with Gasteiger partial charge in [0.15, 0.2) is 0 Å². The molecule has 0 bridgehead atoms. The lowest BCUT2D eigenvalue weighted by Gasteiger charge is -2.27. The maximum atomic E-state index is 10.4. The first-order chi connectivity index (χ1) is 7.73. The van der Waals surface area contributed by atoms with Crippen molar-refractivity contribution in [3.8, 4) is 0 Å². The van der Waals surface area contributed by atoms with Gasteiger partial charge in [0.2, 0.25) is 0 Å². The molecule has 0 amide bonds. The van der Waals surface area contributed by atoms with Crippen LogP contribution in [-0.4, -0.2) is 20.3 Å². The van der Waals surface area contributed by atoms with Crippen molar-refractivity contribution >= 4 is 0 Å².